The van der Waals surface area contributed by atoms with Gasteiger partial charge < -0.3 is 5.11 Å². The van der Waals surface area contributed by atoms with Crippen LogP contribution in [-0.4, -0.2) is 11.7 Å². The molecule has 0 aromatic heterocycles. The lowest BCUT2D eigenvalue weighted by atomic mass is 9.74. The monoisotopic (exact) mass is 264 g/mol. The van der Waals surface area contributed by atoms with Gasteiger partial charge >= 0.3 is 0 Å². The molecule has 2 atom stereocenters. The fourth-order valence-corrected chi connectivity index (χ4v) is 2.68. The molecule has 1 aliphatic rings. The van der Waals surface area contributed by atoms with E-state index in [1.54, 1.807) is 0 Å². The summed E-state index contributed by atoms with van der Waals surface area (Å²) in [5, 5.41) is 9.08. The van der Waals surface area contributed by atoms with Crippen LogP contribution in [0.1, 0.15) is 71.1 Å². The highest BCUT2D eigenvalue weighted by Crippen LogP contribution is 2.34. The summed E-state index contributed by atoms with van der Waals surface area (Å²) < 4.78 is 0. The molecule has 1 aliphatic carbocycles. The molecule has 0 saturated heterocycles. The molecule has 0 bridgehead atoms. The van der Waals surface area contributed by atoms with Gasteiger partial charge in [0.05, 0.1) is 0 Å². The third-order valence-corrected chi connectivity index (χ3v) is 4.29. The molecule has 0 aliphatic heterocycles. The van der Waals surface area contributed by atoms with Crippen LogP contribution in [0.3, 0.4) is 0 Å². The van der Waals surface area contributed by atoms with E-state index in [0.29, 0.717) is 18.4 Å². The Morgan fingerprint density at radius 3 is 2.32 bits per heavy atom. The normalized spacial score (nSPS) is 23.3. The van der Waals surface area contributed by atoms with E-state index in [2.05, 4.69) is 31.2 Å². The molecule has 0 aromatic rings. The van der Waals surface area contributed by atoms with Gasteiger partial charge in [-0.05, 0) is 37.5 Å². The Bertz CT molecular complexity index is 252. The number of aliphatic hydroxyl groups excluding tert-OH is 1. The SMILES string of the molecule is CCCCCCCCCC=CC=C[C@H]1CC[C@H]1CO. The van der Waals surface area contributed by atoms with E-state index in [9.17, 15) is 0 Å². The molecule has 0 unspecified atom stereocenters. The Morgan fingerprint density at radius 2 is 1.68 bits per heavy atom. The molecule has 0 aromatic carbocycles. The minimum Gasteiger partial charge on any atom is -0.396 e. The van der Waals surface area contributed by atoms with Crippen molar-refractivity contribution in [2.45, 2.75) is 71.1 Å². The molecule has 1 rings (SSSR count). The number of aliphatic hydroxyl groups is 1. The van der Waals surface area contributed by atoms with E-state index in [-0.39, 0.29) is 0 Å². The first-order valence-corrected chi connectivity index (χ1v) is 8.32. The van der Waals surface area contributed by atoms with E-state index in [4.69, 9.17) is 5.11 Å². The lowest BCUT2D eigenvalue weighted by molar-refractivity contribution is 0.119. The van der Waals surface area contributed by atoms with Gasteiger partial charge in [-0.3, -0.25) is 0 Å². The van der Waals surface area contributed by atoms with Gasteiger partial charge in [0.25, 0.3) is 0 Å². The number of hydrogen-bond donors (Lipinski definition) is 1. The van der Waals surface area contributed by atoms with E-state index in [0.717, 1.165) is 0 Å². The number of rotatable bonds is 11. The fourth-order valence-electron chi connectivity index (χ4n) is 2.68. The zero-order valence-electron chi connectivity index (χ0n) is 12.7. The maximum absolute atomic E-state index is 9.08. The molecule has 0 spiro atoms. The maximum atomic E-state index is 9.08. The molecule has 1 saturated carbocycles. The molecule has 0 radical (unpaired) electrons. The van der Waals surface area contributed by atoms with Crippen LogP contribution in [0.4, 0.5) is 0 Å². The fraction of sp³-hybridized carbons (Fsp3) is 0.778. The summed E-state index contributed by atoms with van der Waals surface area (Å²) in [6.45, 7) is 2.63. The van der Waals surface area contributed by atoms with E-state index >= 15 is 0 Å². The zero-order chi connectivity index (χ0) is 13.8. The minimum atomic E-state index is 0.358. The molecule has 19 heavy (non-hydrogen) atoms. The smallest absolute Gasteiger partial charge is 0.0464 e. The van der Waals surface area contributed by atoms with Crippen molar-refractivity contribution in [3.8, 4) is 0 Å². The second-order valence-corrected chi connectivity index (χ2v) is 5.91. The topological polar surface area (TPSA) is 20.2 Å². The van der Waals surface area contributed by atoms with E-state index < -0.39 is 0 Å². The molecule has 110 valence electrons. The number of unbranched alkanes of at least 4 members (excludes halogenated alkanes) is 7. The Labute approximate surface area is 119 Å². The van der Waals surface area contributed by atoms with E-state index in [1.807, 2.05) is 0 Å². The van der Waals surface area contributed by atoms with Gasteiger partial charge in [0.1, 0.15) is 0 Å². The first kappa shape index (κ1) is 16.5. The number of hydrogen-bond acceptors (Lipinski definition) is 1. The van der Waals surface area contributed by atoms with Gasteiger partial charge in [-0.1, -0.05) is 69.8 Å². The van der Waals surface area contributed by atoms with Crippen molar-refractivity contribution in [3.63, 3.8) is 0 Å². The minimum absolute atomic E-state index is 0.358. The summed E-state index contributed by atoms with van der Waals surface area (Å²) in [4.78, 5) is 0. The van der Waals surface area contributed by atoms with E-state index in [1.165, 1.54) is 64.2 Å². The summed E-state index contributed by atoms with van der Waals surface area (Å²) in [7, 11) is 0. The van der Waals surface area contributed by atoms with Crippen LogP contribution in [0.15, 0.2) is 24.3 Å². The maximum Gasteiger partial charge on any atom is 0.0464 e. The van der Waals surface area contributed by atoms with Crippen LogP contribution in [0.25, 0.3) is 0 Å². The third-order valence-electron chi connectivity index (χ3n) is 4.29. The van der Waals surface area contributed by atoms with Gasteiger partial charge in [0, 0.05) is 6.61 Å². The summed E-state index contributed by atoms with van der Waals surface area (Å²) in [6, 6.07) is 0. The summed E-state index contributed by atoms with van der Waals surface area (Å²) in [5.41, 5.74) is 0. The first-order valence-electron chi connectivity index (χ1n) is 8.32. The van der Waals surface area contributed by atoms with Crippen LogP contribution in [0.5, 0.6) is 0 Å². The number of allylic oxidation sites excluding steroid dienone is 4. The lowest BCUT2D eigenvalue weighted by Crippen LogP contribution is -2.26. The van der Waals surface area contributed by atoms with Crippen molar-refractivity contribution < 1.29 is 5.11 Å². The molecular formula is C18H32O. The molecule has 1 fully saturated rings. The molecule has 1 N–H and O–H groups in total. The predicted octanol–water partition coefficient (Wildman–Crippen LogP) is 5.26. The second kappa shape index (κ2) is 11.3. The van der Waals surface area contributed by atoms with Crippen molar-refractivity contribution in [2.75, 3.05) is 6.61 Å². The van der Waals surface area contributed by atoms with Gasteiger partial charge in [0.2, 0.25) is 0 Å². The lowest BCUT2D eigenvalue weighted by Gasteiger charge is -2.32. The van der Waals surface area contributed by atoms with Crippen LogP contribution in [-0.2, 0) is 0 Å². The van der Waals surface area contributed by atoms with Gasteiger partial charge in [-0.15, -0.1) is 0 Å². The molecule has 0 heterocycles. The van der Waals surface area contributed by atoms with Crippen LogP contribution < -0.4 is 0 Å². The molecule has 0 amide bonds. The van der Waals surface area contributed by atoms with Crippen molar-refractivity contribution >= 4 is 0 Å². The molecule has 1 nitrogen and oxygen atoms in total. The van der Waals surface area contributed by atoms with Crippen LogP contribution in [0.2, 0.25) is 0 Å². The summed E-state index contributed by atoms with van der Waals surface area (Å²) in [5.74, 6) is 1.17. The van der Waals surface area contributed by atoms with Crippen LogP contribution in [0, 0.1) is 11.8 Å². The van der Waals surface area contributed by atoms with Crippen molar-refractivity contribution in [3.05, 3.63) is 24.3 Å². The highest BCUT2D eigenvalue weighted by Gasteiger charge is 2.27. The predicted molar refractivity (Wildman–Crippen MR) is 84.2 cm³/mol. The Balaban J connectivity index is 1.89. The molecule has 1 heteroatoms. The van der Waals surface area contributed by atoms with Gasteiger partial charge in [0.15, 0.2) is 0 Å². The Hall–Kier alpha value is -0.560. The Morgan fingerprint density at radius 1 is 0.947 bits per heavy atom. The average molecular weight is 264 g/mol. The Kier molecular flexibility index (Phi) is 9.79. The first-order chi connectivity index (χ1) is 9.38. The molecular weight excluding hydrogens is 232 g/mol. The van der Waals surface area contributed by atoms with Crippen molar-refractivity contribution in [1.29, 1.82) is 0 Å². The standard InChI is InChI=1S/C18H32O/c1-2-3-4-5-6-7-8-9-10-11-12-13-17-14-15-18(17)16-19/h10-13,17-19H,2-9,14-16H2,1H3/t17-,18-/m0/s1. The summed E-state index contributed by atoms with van der Waals surface area (Å²) in [6.07, 6.45) is 22.3. The highest BCUT2D eigenvalue weighted by molar-refractivity contribution is 5.07. The third kappa shape index (κ3) is 7.57. The summed E-state index contributed by atoms with van der Waals surface area (Å²) >= 11 is 0. The van der Waals surface area contributed by atoms with Gasteiger partial charge in [-0.25, -0.2) is 0 Å². The zero-order valence-corrected chi connectivity index (χ0v) is 12.7. The van der Waals surface area contributed by atoms with Gasteiger partial charge in [-0.2, -0.15) is 0 Å². The van der Waals surface area contributed by atoms with Crippen molar-refractivity contribution in [1.82, 2.24) is 0 Å². The quantitative estimate of drug-likeness (QED) is 0.399. The van der Waals surface area contributed by atoms with Crippen LogP contribution >= 0.6 is 0 Å². The van der Waals surface area contributed by atoms with Crippen molar-refractivity contribution in [2.24, 2.45) is 11.8 Å². The highest BCUT2D eigenvalue weighted by atomic mass is 16.3. The average Bonchev–Trinajstić information content (AvgIpc) is 2.39. The largest absolute Gasteiger partial charge is 0.396 e. The second-order valence-electron chi connectivity index (χ2n) is 5.91.